The van der Waals surface area contributed by atoms with Crippen molar-refractivity contribution in [2.45, 2.75) is 25.3 Å². The Balaban J connectivity index is 1.55. The summed E-state index contributed by atoms with van der Waals surface area (Å²) in [5.74, 6) is 0. The molecule has 1 aromatic rings. The number of hydrogen-bond donors (Lipinski definition) is 1. The molecule has 1 aromatic heterocycles. The van der Waals surface area contributed by atoms with E-state index in [-0.39, 0.29) is 0 Å². The Bertz CT molecular complexity index is 242. The fourth-order valence-electron chi connectivity index (χ4n) is 1.75. The number of rotatable bonds is 5. The predicted molar refractivity (Wildman–Crippen MR) is 59.9 cm³/mol. The third-order valence-electron chi connectivity index (χ3n) is 2.55. The molecule has 0 bridgehead atoms. The first-order valence-electron chi connectivity index (χ1n) is 5.28. The van der Waals surface area contributed by atoms with Crippen LogP contribution in [0.15, 0.2) is 17.5 Å². The molecule has 1 saturated heterocycles. The molecule has 1 atom stereocenters. The van der Waals surface area contributed by atoms with Gasteiger partial charge in [0.15, 0.2) is 0 Å². The SMILES string of the molecule is c1csc(CCOCC2CCCN2)c1. The molecule has 1 aliphatic rings. The minimum absolute atomic E-state index is 0.610. The summed E-state index contributed by atoms with van der Waals surface area (Å²) in [5.41, 5.74) is 0. The number of ether oxygens (including phenoxy) is 1. The zero-order valence-electron chi connectivity index (χ0n) is 8.37. The Labute approximate surface area is 89.3 Å². The molecule has 78 valence electrons. The fourth-order valence-corrected chi connectivity index (χ4v) is 2.44. The van der Waals surface area contributed by atoms with Crippen LogP contribution in [0.3, 0.4) is 0 Å². The fraction of sp³-hybridized carbons (Fsp3) is 0.636. The van der Waals surface area contributed by atoms with Gasteiger partial charge in [-0.25, -0.2) is 0 Å². The highest BCUT2D eigenvalue weighted by molar-refractivity contribution is 7.09. The average Bonchev–Trinajstić information content (AvgIpc) is 2.86. The van der Waals surface area contributed by atoms with Gasteiger partial charge < -0.3 is 10.1 Å². The van der Waals surface area contributed by atoms with E-state index in [1.807, 2.05) is 11.3 Å². The van der Waals surface area contributed by atoms with Gasteiger partial charge in [0.05, 0.1) is 13.2 Å². The minimum atomic E-state index is 0.610. The third kappa shape index (κ3) is 3.08. The topological polar surface area (TPSA) is 21.3 Å². The summed E-state index contributed by atoms with van der Waals surface area (Å²) < 4.78 is 5.64. The first kappa shape index (κ1) is 10.1. The van der Waals surface area contributed by atoms with Crippen LogP contribution in [0.25, 0.3) is 0 Å². The molecular weight excluding hydrogens is 194 g/mol. The molecule has 0 amide bonds. The summed E-state index contributed by atoms with van der Waals surface area (Å²) in [7, 11) is 0. The monoisotopic (exact) mass is 211 g/mol. The zero-order valence-corrected chi connectivity index (χ0v) is 9.19. The van der Waals surface area contributed by atoms with Gasteiger partial charge in [-0.05, 0) is 30.8 Å². The molecule has 0 saturated carbocycles. The van der Waals surface area contributed by atoms with Crippen molar-refractivity contribution in [2.75, 3.05) is 19.8 Å². The number of thiophene rings is 1. The lowest BCUT2D eigenvalue weighted by Gasteiger charge is -2.09. The first-order chi connectivity index (χ1) is 6.95. The Morgan fingerprint density at radius 3 is 3.29 bits per heavy atom. The summed E-state index contributed by atoms with van der Waals surface area (Å²) in [4.78, 5) is 1.42. The van der Waals surface area contributed by atoms with Gasteiger partial charge in [0.1, 0.15) is 0 Å². The Morgan fingerprint density at radius 2 is 2.57 bits per heavy atom. The van der Waals surface area contributed by atoms with Crippen LogP contribution in [-0.4, -0.2) is 25.8 Å². The second-order valence-corrected chi connectivity index (χ2v) is 4.73. The second kappa shape index (κ2) is 5.49. The second-order valence-electron chi connectivity index (χ2n) is 3.70. The third-order valence-corrected chi connectivity index (χ3v) is 3.49. The van der Waals surface area contributed by atoms with E-state index < -0.39 is 0 Å². The number of hydrogen-bond acceptors (Lipinski definition) is 3. The van der Waals surface area contributed by atoms with Crippen LogP contribution in [-0.2, 0) is 11.2 Å². The van der Waals surface area contributed by atoms with Crippen molar-refractivity contribution in [3.63, 3.8) is 0 Å². The Kier molecular flexibility index (Phi) is 3.98. The molecule has 0 spiro atoms. The summed E-state index contributed by atoms with van der Waals surface area (Å²) in [6, 6.07) is 4.87. The highest BCUT2D eigenvalue weighted by atomic mass is 32.1. The van der Waals surface area contributed by atoms with E-state index in [0.717, 1.165) is 19.6 Å². The standard InChI is InChI=1S/C11H17NOS/c1-3-10(12-6-1)9-13-7-5-11-4-2-8-14-11/h2,4,8,10,12H,1,3,5-7,9H2. The maximum absolute atomic E-state index is 5.64. The normalized spacial score (nSPS) is 21.6. The molecule has 0 radical (unpaired) electrons. The van der Waals surface area contributed by atoms with Crippen molar-refractivity contribution in [3.8, 4) is 0 Å². The zero-order chi connectivity index (χ0) is 9.64. The van der Waals surface area contributed by atoms with Crippen LogP contribution in [0, 0.1) is 0 Å². The molecule has 14 heavy (non-hydrogen) atoms. The molecule has 0 aromatic carbocycles. The molecular formula is C11H17NOS. The quantitative estimate of drug-likeness (QED) is 0.753. The van der Waals surface area contributed by atoms with Crippen molar-refractivity contribution < 1.29 is 4.74 Å². The van der Waals surface area contributed by atoms with E-state index in [1.165, 1.54) is 24.3 Å². The number of nitrogens with one attached hydrogen (secondary N) is 1. The lowest BCUT2D eigenvalue weighted by atomic mass is 10.2. The van der Waals surface area contributed by atoms with Crippen molar-refractivity contribution in [1.82, 2.24) is 5.32 Å². The van der Waals surface area contributed by atoms with Crippen molar-refractivity contribution in [2.24, 2.45) is 0 Å². The maximum atomic E-state index is 5.64. The highest BCUT2D eigenvalue weighted by Crippen LogP contribution is 2.09. The van der Waals surface area contributed by atoms with E-state index in [4.69, 9.17) is 4.74 Å². The van der Waals surface area contributed by atoms with E-state index in [9.17, 15) is 0 Å². The van der Waals surface area contributed by atoms with Gasteiger partial charge in [-0.1, -0.05) is 6.07 Å². The summed E-state index contributed by atoms with van der Waals surface area (Å²) >= 11 is 1.81. The predicted octanol–water partition coefficient (Wildman–Crippen LogP) is 2.06. The molecule has 1 N–H and O–H groups in total. The largest absolute Gasteiger partial charge is 0.379 e. The Hall–Kier alpha value is -0.380. The van der Waals surface area contributed by atoms with Crippen molar-refractivity contribution >= 4 is 11.3 Å². The van der Waals surface area contributed by atoms with E-state index in [0.29, 0.717) is 6.04 Å². The lowest BCUT2D eigenvalue weighted by molar-refractivity contribution is 0.119. The summed E-state index contributed by atoms with van der Waals surface area (Å²) in [5, 5.41) is 5.55. The van der Waals surface area contributed by atoms with Gasteiger partial charge in [-0.15, -0.1) is 11.3 Å². The van der Waals surface area contributed by atoms with Crippen molar-refractivity contribution in [1.29, 1.82) is 0 Å². The molecule has 1 unspecified atom stereocenters. The van der Waals surface area contributed by atoms with Gasteiger partial charge >= 0.3 is 0 Å². The minimum Gasteiger partial charge on any atom is -0.379 e. The first-order valence-corrected chi connectivity index (χ1v) is 6.16. The van der Waals surface area contributed by atoms with E-state index in [1.54, 1.807) is 0 Å². The molecule has 1 aliphatic heterocycles. The van der Waals surface area contributed by atoms with Crippen LogP contribution in [0.2, 0.25) is 0 Å². The van der Waals surface area contributed by atoms with E-state index in [2.05, 4.69) is 22.8 Å². The molecule has 3 heteroatoms. The molecule has 2 nitrogen and oxygen atoms in total. The summed E-state index contributed by atoms with van der Waals surface area (Å²) in [6.45, 7) is 2.91. The van der Waals surface area contributed by atoms with Crippen LogP contribution in [0.5, 0.6) is 0 Å². The van der Waals surface area contributed by atoms with Crippen LogP contribution >= 0.6 is 11.3 Å². The molecule has 1 fully saturated rings. The van der Waals surface area contributed by atoms with Gasteiger partial charge in [0.2, 0.25) is 0 Å². The molecule has 2 rings (SSSR count). The molecule has 2 heterocycles. The molecule has 0 aliphatic carbocycles. The highest BCUT2D eigenvalue weighted by Gasteiger charge is 2.13. The summed E-state index contributed by atoms with van der Waals surface area (Å²) in [6.07, 6.45) is 3.64. The maximum Gasteiger partial charge on any atom is 0.0619 e. The van der Waals surface area contributed by atoms with Gasteiger partial charge in [-0.2, -0.15) is 0 Å². The van der Waals surface area contributed by atoms with Crippen molar-refractivity contribution in [3.05, 3.63) is 22.4 Å². The van der Waals surface area contributed by atoms with Crippen LogP contribution in [0.1, 0.15) is 17.7 Å². The van der Waals surface area contributed by atoms with Gasteiger partial charge in [0.25, 0.3) is 0 Å². The van der Waals surface area contributed by atoms with Gasteiger partial charge in [-0.3, -0.25) is 0 Å². The van der Waals surface area contributed by atoms with Crippen LogP contribution in [0.4, 0.5) is 0 Å². The van der Waals surface area contributed by atoms with E-state index >= 15 is 0 Å². The average molecular weight is 211 g/mol. The van der Waals surface area contributed by atoms with Gasteiger partial charge in [0, 0.05) is 17.3 Å². The smallest absolute Gasteiger partial charge is 0.0619 e. The Morgan fingerprint density at radius 1 is 1.57 bits per heavy atom. The van der Waals surface area contributed by atoms with Crippen LogP contribution < -0.4 is 5.32 Å². The lowest BCUT2D eigenvalue weighted by Crippen LogP contribution is -2.27.